The summed E-state index contributed by atoms with van der Waals surface area (Å²) in [6, 6.07) is 9.85. The van der Waals surface area contributed by atoms with E-state index in [1.54, 1.807) is 0 Å². The van der Waals surface area contributed by atoms with Gasteiger partial charge in [0.25, 0.3) is 0 Å². The predicted octanol–water partition coefficient (Wildman–Crippen LogP) is 4.48. The highest BCUT2D eigenvalue weighted by Crippen LogP contribution is 2.43. The van der Waals surface area contributed by atoms with Gasteiger partial charge in [-0.25, -0.2) is 22.0 Å². The zero-order valence-corrected chi connectivity index (χ0v) is 15.1. The molecule has 1 N–H and O–H groups in total. The highest BCUT2D eigenvalue weighted by Gasteiger charge is 2.48. The number of hydrogen-bond acceptors (Lipinski definition) is 2. The minimum atomic E-state index is -2.18. The maximum Gasteiger partial charge on any atom is 0.200 e. The van der Waals surface area contributed by atoms with Gasteiger partial charge in [0.1, 0.15) is 0 Å². The zero-order chi connectivity index (χ0) is 20.1. The molecule has 0 spiro atoms. The Morgan fingerprint density at radius 3 is 1.86 bits per heavy atom. The van der Waals surface area contributed by atoms with Crippen LogP contribution >= 0.6 is 0 Å². The van der Waals surface area contributed by atoms with Crippen LogP contribution in [-0.2, 0) is 13.0 Å². The third kappa shape index (κ3) is 3.31. The second kappa shape index (κ2) is 7.12. The SMILES string of the molecule is OC1(Cc2c(F)c(F)c(F)c(F)c2F)CC2CCC(C1)N2Cc1ccccc1. The van der Waals surface area contributed by atoms with Crippen LogP contribution in [-0.4, -0.2) is 27.7 Å². The smallest absolute Gasteiger partial charge is 0.200 e. The van der Waals surface area contributed by atoms with Crippen molar-refractivity contribution < 1.29 is 27.1 Å². The largest absolute Gasteiger partial charge is 0.389 e. The molecule has 150 valence electrons. The van der Waals surface area contributed by atoms with E-state index in [0.717, 1.165) is 18.4 Å². The summed E-state index contributed by atoms with van der Waals surface area (Å²) in [5, 5.41) is 11.0. The molecule has 7 heteroatoms. The molecule has 0 saturated carbocycles. The van der Waals surface area contributed by atoms with E-state index in [1.165, 1.54) is 0 Å². The van der Waals surface area contributed by atoms with Gasteiger partial charge in [-0.3, -0.25) is 4.90 Å². The Hall–Kier alpha value is -1.99. The van der Waals surface area contributed by atoms with Crippen molar-refractivity contribution in [1.29, 1.82) is 0 Å². The number of aliphatic hydroxyl groups is 1. The van der Waals surface area contributed by atoms with Gasteiger partial charge in [-0.05, 0) is 31.2 Å². The number of halogens is 5. The van der Waals surface area contributed by atoms with Gasteiger partial charge in [-0.15, -0.1) is 0 Å². The molecule has 2 aromatic rings. The standard InChI is InChI=1S/C21H20F5NO/c22-16-15(17(23)19(25)20(26)18(16)24)10-21(28)8-13-6-7-14(9-21)27(13)11-12-4-2-1-3-5-12/h1-5,13-14,28H,6-11H2. The molecule has 2 fully saturated rings. The van der Waals surface area contributed by atoms with Crippen molar-refractivity contribution >= 4 is 0 Å². The summed E-state index contributed by atoms with van der Waals surface area (Å²) in [5.41, 5.74) is -1.31. The van der Waals surface area contributed by atoms with Crippen LogP contribution in [0.5, 0.6) is 0 Å². The van der Waals surface area contributed by atoms with Crippen LogP contribution in [0.15, 0.2) is 30.3 Å². The van der Waals surface area contributed by atoms with Gasteiger partial charge in [0, 0.05) is 30.6 Å². The van der Waals surface area contributed by atoms with Gasteiger partial charge < -0.3 is 5.11 Å². The molecule has 2 saturated heterocycles. The molecule has 0 aliphatic carbocycles. The maximum atomic E-state index is 14.1. The van der Waals surface area contributed by atoms with Crippen LogP contribution in [0.2, 0.25) is 0 Å². The highest BCUT2D eigenvalue weighted by molar-refractivity contribution is 5.26. The molecular weight excluding hydrogens is 377 g/mol. The fraction of sp³-hybridized carbons (Fsp3) is 0.429. The molecule has 2 heterocycles. The lowest BCUT2D eigenvalue weighted by atomic mass is 9.81. The lowest BCUT2D eigenvalue weighted by Crippen LogP contribution is -2.51. The van der Waals surface area contributed by atoms with E-state index in [4.69, 9.17) is 0 Å². The first kappa shape index (κ1) is 19.3. The van der Waals surface area contributed by atoms with Crippen molar-refractivity contribution in [3.8, 4) is 0 Å². The average molecular weight is 397 g/mol. The van der Waals surface area contributed by atoms with Gasteiger partial charge in [0.2, 0.25) is 5.82 Å². The Morgan fingerprint density at radius 2 is 1.32 bits per heavy atom. The summed E-state index contributed by atoms with van der Waals surface area (Å²) in [4.78, 5) is 2.27. The minimum absolute atomic E-state index is 0.00483. The molecule has 2 nitrogen and oxygen atoms in total. The number of benzene rings is 2. The van der Waals surface area contributed by atoms with Gasteiger partial charge in [-0.1, -0.05) is 30.3 Å². The highest BCUT2D eigenvalue weighted by atomic mass is 19.2. The first-order valence-electron chi connectivity index (χ1n) is 9.31. The fourth-order valence-electron chi connectivity index (χ4n) is 4.75. The zero-order valence-electron chi connectivity index (χ0n) is 15.1. The van der Waals surface area contributed by atoms with Crippen LogP contribution in [0.1, 0.15) is 36.8 Å². The summed E-state index contributed by atoms with van der Waals surface area (Å²) < 4.78 is 68.4. The number of nitrogens with zero attached hydrogens (tertiary/aromatic N) is 1. The van der Waals surface area contributed by atoms with E-state index in [1.807, 2.05) is 30.3 Å². The number of hydrogen-bond donors (Lipinski definition) is 1. The van der Waals surface area contributed by atoms with Crippen molar-refractivity contribution in [3.05, 3.63) is 70.5 Å². The summed E-state index contributed by atoms with van der Waals surface area (Å²) in [7, 11) is 0. The number of piperidine rings is 1. The second-order valence-corrected chi connectivity index (χ2v) is 7.90. The molecule has 2 unspecified atom stereocenters. The van der Waals surface area contributed by atoms with Gasteiger partial charge in [0.15, 0.2) is 23.3 Å². The Labute approximate surface area is 159 Å². The molecule has 2 aliphatic heterocycles. The Morgan fingerprint density at radius 1 is 0.821 bits per heavy atom. The topological polar surface area (TPSA) is 23.5 Å². The Balaban J connectivity index is 1.56. The molecule has 2 aromatic carbocycles. The molecule has 2 bridgehead atoms. The predicted molar refractivity (Wildman–Crippen MR) is 92.9 cm³/mol. The van der Waals surface area contributed by atoms with Crippen LogP contribution in [0.25, 0.3) is 0 Å². The minimum Gasteiger partial charge on any atom is -0.389 e. The van der Waals surface area contributed by atoms with E-state index in [0.29, 0.717) is 6.54 Å². The van der Waals surface area contributed by atoms with Crippen molar-refractivity contribution in [2.24, 2.45) is 0 Å². The third-order valence-corrected chi connectivity index (χ3v) is 6.02. The molecule has 2 aliphatic rings. The van der Waals surface area contributed by atoms with Crippen molar-refractivity contribution in [2.45, 2.75) is 56.3 Å². The van der Waals surface area contributed by atoms with Gasteiger partial charge >= 0.3 is 0 Å². The lowest BCUT2D eigenvalue weighted by Gasteiger charge is -2.44. The van der Waals surface area contributed by atoms with E-state index in [2.05, 4.69) is 4.90 Å². The van der Waals surface area contributed by atoms with E-state index in [9.17, 15) is 27.1 Å². The van der Waals surface area contributed by atoms with Crippen molar-refractivity contribution in [2.75, 3.05) is 0 Å². The normalized spacial score (nSPS) is 27.4. The molecular formula is C21H20F5NO. The first-order valence-corrected chi connectivity index (χ1v) is 9.31. The number of fused-ring (bicyclic) bond motifs is 2. The molecule has 0 amide bonds. The van der Waals surface area contributed by atoms with Gasteiger partial charge in [-0.2, -0.15) is 0 Å². The van der Waals surface area contributed by atoms with E-state index >= 15 is 0 Å². The van der Waals surface area contributed by atoms with Crippen LogP contribution in [0.3, 0.4) is 0 Å². The fourth-order valence-corrected chi connectivity index (χ4v) is 4.75. The second-order valence-electron chi connectivity index (χ2n) is 7.90. The van der Waals surface area contributed by atoms with Crippen LogP contribution in [0, 0.1) is 29.1 Å². The molecule has 0 radical (unpaired) electrons. The monoisotopic (exact) mass is 397 g/mol. The van der Waals surface area contributed by atoms with Crippen LogP contribution in [0.4, 0.5) is 22.0 Å². The summed E-state index contributed by atoms with van der Waals surface area (Å²) in [5.74, 6) is -9.83. The van der Waals surface area contributed by atoms with Gasteiger partial charge in [0.05, 0.1) is 5.60 Å². The Bertz CT molecular complexity index is 845. The quantitative estimate of drug-likeness (QED) is 0.467. The lowest BCUT2D eigenvalue weighted by molar-refractivity contribution is -0.0550. The first-order chi connectivity index (χ1) is 13.3. The Kier molecular flexibility index (Phi) is 4.91. The summed E-state index contributed by atoms with van der Waals surface area (Å²) in [6.07, 6.45) is 1.53. The average Bonchev–Trinajstić information content (AvgIpc) is 2.93. The van der Waals surface area contributed by atoms with Crippen molar-refractivity contribution in [1.82, 2.24) is 4.90 Å². The molecule has 28 heavy (non-hydrogen) atoms. The van der Waals surface area contributed by atoms with E-state index < -0.39 is 46.7 Å². The number of rotatable bonds is 4. The van der Waals surface area contributed by atoms with Crippen molar-refractivity contribution in [3.63, 3.8) is 0 Å². The summed E-state index contributed by atoms with van der Waals surface area (Å²) in [6.45, 7) is 0.703. The molecule has 0 aromatic heterocycles. The molecule has 2 atom stereocenters. The van der Waals surface area contributed by atoms with Crippen LogP contribution < -0.4 is 0 Å². The third-order valence-electron chi connectivity index (χ3n) is 6.02. The van der Waals surface area contributed by atoms with E-state index in [-0.39, 0.29) is 24.9 Å². The maximum absolute atomic E-state index is 14.1. The summed E-state index contributed by atoms with van der Waals surface area (Å²) >= 11 is 0. The molecule has 4 rings (SSSR count).